The number of carbonyl (C=O) groups excluding carboxylic acids is 2. The van der Waals surface area contributed by atoms with Gasteiger partial charge in [-0.05, 0) is 26.8 Å². The SMILES string of the molecule is Cc1c(O)c(C)c(-c2cc3c(C=O)c(C)c(O)c(O)c3o2)c(C=O)c1O. The summed E-state index contributed by atoms with van der Waals surface area (Å²) in [5, 5.41) is 40.7. The fourth-order valence-corrected chi connectivity index (χ4v) is 3.12. The number of hydrogen-bond donors (Lipinski definition) is 4. The van der Waals surface area contributed by atoms with Crippen LogP contribution in [0.15, 0.2) is 10.5 Å². The number of benzene rings is 2. The first kappa shape index (κ1) is 17.3. The Morgan fingerprint density at radius 3 is 1.96 bits per heavy atom. The van der Waals surface area contributed by atoms with Gasteiger partial charge in [0, 0.05) is 33.2 Å². The van der Waals surface area contributed by atoms with Crippen molar-refractivity contribution in [1.29, 1.82) is 0 Å². The van der Waals surface area contributed by atoms with Crippen LogP contribution in [-0.4, -0.2) is 33.0 Å². The molecule has 0 unspecified atom stereocenters. The number of aromatic hydroxyl groups is 4. The lowest BCUT2D eigenvalue weighted by Crippen LogP contribution is -1.95. The van der Waals surface area contributed by atoms with Crippen LogP contribution in [-0.2, 0) is 0 Å². The highest BCUT2D eigenvalue weighted by atomic mass is 16.4. The summed E-state index contributed by atoms with van der Waals surface area (Å²) in [5.74, 6) is -1.57. The third-order valence-electron chi connectivity index (χ3n) is 4.67. The van der Waals surface area contributed by atoms with E-state index in [-0.39, 0.29) is 55.9 Å². The lowest BCUT2D eigenvalue weighted by molar-refractivity contribution is 0.111. The number of carbonyl (C=O) groups is 2. The molecule has 7 heteroatoms. The second-order valence-electron chi connectivity index (χ2n) is 6.06. The van der Waals surface area contributed by atoms with E-state index in [2.05, 4.69) is 0 Å². The second-order valence-corrected chi connectivity index (χ2v) is 6.06. The van der Waals surface area contributed by atoms with E-state index in [0.717, 1.165) is 0 Å². The van der Waals surface area contributed by atoms with E-state index in [1.54, 1.807) is 6.92 Å². The van der Waals surface area contributed by atoms with Crippen LogP contribution >= 0.6 is 0 Å². The Labute approximate surface area is 147 Å². The van der Waals surface area contributed by atoms with Crippen LogP contribution in [0.25, 0.3) is 22.3 Å². The normalized spacial score (nSPS) is 11.0. The zero-order valence-electron chi connectivity index (χ0n) is 14.2. The Bertz CT molecular complexity index is 1090. The monoisotopic (exact) mass is 356 g/mol. The van der Waals surface area contributed by atoms with Crippen molar-refractivity contribution >= 4 is 23.5 Å². The molecular formula is C19H16O7. The minimum absolute atomic E-state index is 0.0496. The summed E-state index contributed by atoms with van der Waals surface area (Å²) in [6, 6.07) is 1.41. The van der Waals surface area contributed by atoms with Crippen LogP contribution in [0.3, 0.4) is 0 Å². The molecule has 0 fully saturated rings. The number of rotatable bonds is 3. The highest BCUT2D eigenvalue weighted by molar-refractivity contribution is 6.04. The van der Waals surface area contributed by atoms with Gasteiger partial charge in [0.2, 0.25) is 5.75 Å². The fraction of sp³-hybridized carbons (Fsp3) is 0.158. The molecule has 1 heterocycles. The Morgan fingerprint density at radius 2 is 1.38 bits per heavy atom. The summed E-state index contributed by atoms with van der Waals surface area (Å²) in [6.45, 7) is 4.47. The van der Waals surface area contributed by atoms with Gasteiger partial charge >= 0.3 is 0 Å². The average molecular weight is 356 g/mol. The first-order chi connectivity index (χ1) is 12.2. The number of fused-ring (bicyclic) bond motifs is 1. The van der Waals surface area contributed by atoms with Crippen molar-refractivity contribution in [2.45, 2.75) is 20.8 Å². The van der Waals surface area contributed by atoms with Crippen molar-refractivity contribution in [2.24, 2.45) is 0 Å². The summed E-state index contributed by atoms with van der Waals surface area (Å²) in [5.41, 5.74) is 0.635. The Balaban J connectivity index is 2.47. The van der Waals surface area contributed by atoms with Crippen molar-refractivity contribution in [2.75, 3.05) is 0 Å². The lowest BCUT2D eigenvalue weighted by Gasteiger charge is -2.13. The van der Waals surface area contributed by atoms with E-state index in [4.69, 9.17) is 4.42 Å². The molecule has 0 spiro atoms. The van der Waals surface area contributed by atoms with Crippen LogP contribution in [0.2, 0.25) is 0 Å². The number of furan rings is 1. The second kappa shape index (κ2) is 5.80. The minimum atomic E-state index is -0.541. The number of phenols is 4. The van der Waals surface area contributed by atoms with Gasteiger partial charge in [0.05, 0.1) is 5.56 Å². The molecule has 134 valence electrons. The predicted octanol–water partition coefficient (Wildman–Crippen LogP) is 3.47. The molecular weight excluding hydrogens is 340 g/mol. The molecule has 0 aliphatic heterocycles. The van der Waals surface area contributed by atoms with Gasteiger partial charge in [-0.1, -0.05) is 0 Å². The molecule has 0 amide bonds. The van der Waals surface area contributed by atoms with Crippen LogP contribution in [0.5, 0.6) is 23.0 Å². The smallest absolute Gasteiger partial charge is 0.202 e. The first-order valence-corrected chi connectivity index (χ1v) is 7.68. The highest BCUT2D eigenvalue weighted by Crippen LogP contribution is 2.46. The molecule has 4 N–H and O–H groups in total. The fourth-order valence-electron chi connectivity index (χ4n) is 3.12. The predicted molar refractivity (Wildman–Crippen MR) is 93.3 cm³/mol. The summed E-state index contributed by atoms with van der Waals surface area (Å²) in [6.07, 6.45) is 0.953. The van der Waals surface area contributed by atoms with E-state index in [1.165, 1.54) is 19.9 Å². The Kier molecular flexibility index (Phi) is 3.87. The minimum Gasteiger partial charge on any atom is -0.507 e. The molecule has 3 rings (SSSR count). The molecule has 0 atom stereocenters. The molecule has 0 bridgehead atoms. The molecule has 1 aromatic heterocycles. The molecule has 0 saturated heterocycles. The number of phenolic OH excluding ortho intramolecular Hbond substituents is 4. The molecule has 7 nitrogen and oxygen atoms in total. The van der Waals surface area contributed by atoms with Gasteiger partial charge in [-0.15, -0.1) is 0 Å². The van der Waals surface area contributed by atoms with Gasteiger partial charge in [0.25, 0.3) is 0 Å². The molecule has 0 saturated carbocycles. The van der Waals surface area contributed by atoms with Gasteiger partial charge in [-0.3, -0.25) is 9.59 Å². The lowest BCUT2D eigenvalue weighted by atomic mass is 9.94. The van der Waals surface area contributed by atoms with E-state index in [1.807, 2.05) is 0 Å². The molecule has 0 aliphatic carbocycles. The summed E-state index contributed by atoms with van der Waals surface area (Å²) >= 11 is 0. The van der Waals surface area contributed by atoms with Crippen LogP contribution in [0.1, 0.15) is 37.4 Å². The zero-order valence-corrected chi connectivity index (χ0v) is 14.2. The van der Waals surface area contributed by atoms with Gasteiger partial charge in [0.15, 0.2) is 23.9 Å². The van der Waals surface area contributed by atoms with Crippen LogP contribution in [0.4, 0.5) is 0 Å². The third-order valence-corrected chi connectivity index (χ3v) is 4.67. The van der Waals surface area contributed by atoms with Crippen molar-refractivity contribution < 1.29 is 34.4 Å². The topological polar surface area (TPSA) is 128 Å². The number of aldehydes is 2. The Hall–Kier alpha value is -3.48. The van der Waals surface area contributed by atoms with Crippen molar-refractivity contribution in [3.8, 4) is 34.3 Å². The van der Waals surface area contributed by atoms with Gasteiger partial charge in [-0.25, -0.2) is 0 Å². The van der Waals surface area contributed by atoms with Crippen LogP contribution in [0, 0.1) is 20.8 Å². The zero-order chi connectivity index (χ0) is 19.3. The Morgan fingerprint density at radius 1 is 0.769 bits per heavy atom. The molecule has 0 radical (unpaired) electrons. The largest absolute Gasteiger partial charge is 0.507 e. The van der Waals surface area contributed by atoms with E-state index in [9.17, 15) is 30.0 Å². The van der Waals surface area contributed by atoms with E-state index in [0.29, 0.717) is 12.6 Å². The van der Waals surface area contributed by atoms with E-state index < -0.39 is 17.2 Å². The highest BCUT2D eigenvalue weighted by Gasteiger charge is 2.25. The van der Waals surface area contributed by atoms with Gasteiger partial charge in [0.1, 0.15) is 17.3 Å². The van der Waals surface area contributed by atoms with Gasteiger partial charge in [-0.2, -0.15) is 0 Å². The van der Waals surface area contributed by atoms with Crippen molar-refractivity contribution in [3.05, 3.63) is 33.9 Å². The molecule has 3 aromatic rings. The van der Waals surface area contributed by atoms with E-state index >= 15 is 0 Å². The maximum absolute atomic E-state index is 11.5. The standard InChI is InChI=1S/C19H16O7/c1-7-11(5-20)10-4-13(26-19(10)18(25)17(7)24)14-8(2)15(22)9(3)16(23)12(14)6-21/h4-6,22-25H,1-3H3. The van der Waals surface area contributed by atoms with Crippen molar-refractivity contribution in [3.63, 3.8) is 0 Å². The maximum Gasteiger partial charge on any atom is 0.202 e. The average Bonchev–Trinajstić information content (AvgIpc) is 3.06. The quantitative estimate of drug-likeness (QED) is 0.418. The summed E-state index contributed by atoms with van der Waals surface area (Å²) in [4.78, 5) is 22.9. The molecule has 0 aliphatic rings. The van der Waals surface area contributed by atoms with Gasteiger partial charge < -0.3 is 24.8 Å². The van der Waals surface area contributed by atoms with Crippen molar-refractivity contribution in [1.82, 2.24) is 0 Å². The molecule has 2 aromatic carbocycles. The van der Waals surface area contributed by atoms with Crippen LogP contribution < -0.4 is 0 Å². The maximum atomic E-state index is 11.5. The molecule has 26 heavy (non-hydrogen) atoms. The number of hydrogen-bond acceptors (Lipinski definition) is 7. The first-order valence-electron chi connectivity index (χ1n) is 7.68. The third kappa shape index (κ3) is 2.13. The summed E-state index contributed by atoms with van der Waals surface area (Å²) in [7, 11) is 0. The summed E-state index contributed by atoms with van der Waals surface area (Å²) < 4.78 is 5.59.